The molecular weight excluding hydrogens is 214 g/mol. The average molecular weight is 223 g/mol. The van der Waals surface area contributed by atoms with Crippen molar-refractivity contribution in [1.82, 2.24) is 0 Å². The first-order chi connectivity index (χ1) is 7.51. The molecule has 16 heavy (non-hydrogen) atoms. The van der Waals surface area contributed by atoms with E-state index in [0.29, 0.717) is 6.29 Å². The maximum atomic E-state index is 11.2. The lowest BCUT2D eigenvalue weighted by Gasteiger charge is -2.05. The molecule has 1 rings (SSSR count). The third-order valence-corrected chi connectivity index (χ3v) is 2.05. The van der Waals surface area contributed by atoms with Crippen molar-refractivity contribution >= 4 is 17.8 Å². The number of ketones is 1. The zero-order valence-corrected chi connectivity index (χ0v) is 8.72. The fourth-order valence-electron chi connectivity index (χ4n) is 1.29. The van der Waals surface area contributed by atoms with E-state index in [-0.39, 0.29) is 28.3 Å². The van der Waals surface area contributed by atoms with Crippen LogP contribution in [-0.4, -0.2) is 24.1 Å². The lowest BCUT2D eigenvalue weighted by molar-refractivity contribution is -0.385. The highest BCUT2D eigenvalue weighted by Gasteiger charge is 2.20. The molecule has 0 N–H and O–H groups in total. The predicted octanol–water partition coefficient (Wildman–Crippen LogP) is 1.62. The molecule has 0 saturated carbocycles. The highest BCUT2D eigenvalue weighted by atomic mass is 16.6. The zero-order valence-electron chi connectivity index (χ0n) is 8.72. The predicted molar refractivity (Wildman–Crippen MR) is 55.0 cm³/mol. The van der Waals surface area contributed by atoms with Gasteiger partial charge in [-0.15, -0.1) is 0 Å². The standard InChI is InChI=1S/C10H9NO5/c1-6(13)8-4-10(16-2)9(11(14)15)3-7(8)5-12/h3-5H,1-2H3. The molecule has 0 spiro atoms. The number of rotatable bonds is 4. The summed E-state index contributed by atoms with van der Waals surface area (Å²) in [5, 5.41) is 10.7. The fourth-order valence-corrected chi connectivity index (χ4v) is 1.29. The third kappa shape index (κ3) is 2.05. The summed E-state index contributed by atoms with van der Waals surface area (Å²) in [6.45, 7) is 1.27. The molecule has 6 nitrogen and oxygen atoms in total. The van der Waals surface area contributed by atoms with Crippen LogP contribution in [0.5, 0.6) is 5.75 Å². The van der Waals surface area contributed by atoms with E-state index in [9.17, 15) is 19.7 Å². The van der Waals surface area contributed by atoms with Gasteiger partial charge in [0.2, 0.25) is 0 Å². The van der Waals surface area contributed by atoms with Crippen LogP contribution in [0.4, 0.5) is 5.69 Å². The number of nitrogens with zero attached hydrogens (tertiary/aromatic N) is 1. The molecule has 0 radical (unpaired) electrons. The van der Waals surface area contributed by atoms with Crippen LogP contribution in [0.15, 0.2) is 12.1 Å². The Morgan fingerprint density at radius 2 is 2.12 bits per heavy atom. The third-order valence-electron chi connectivity index (χ3n) is 2.05. The minimum absolute atomic E-state index is 0.0139. The highest BCUT2D eigenvalue weighted by Crippen LogP contribution is 2.29. The first-order valence-electron chi connectivity index (χ1n) is 4.33. The average Bonchev–Trinajstić information content (AvgIpc) is 2.26. The summed E-state index contributed by atoms with van der Waals surface area (Å²) < 4.78 is 4.79. The quantitative estimate of drug-likeness (QED) is 0.335. The van der Waals surface area contributed by atoms with Crippen LogP contribution in [-0.2, 0) is 0 Å². The van der Waals surface area contributed by atoms with E-state index < -0.39 is 4.92 Å². The van der Waals surface area contributed by atoms with Crippen molar-refractivity contribution < 1.29 is 19.2 Å². The number of nitro groups is 1. The number of ether oxygens (including phenoxy) is 1. The molecule has 0 unspecified atom stereocenters. The summed E-state index contributed by atoms with van der Waals surface area (Å²) in [5.74, 6) is -0.393. The van der Waals surface area contributed by atoms with E-state index in [1.54, 1.807) is 0 Å². The second-order valence-corrected chi connectivity index (χ2v) is 3.04. The topological polar surface area (TPSA) is 86.5 Å². The molecule has 1 aromatic rings. The maximum Gasteiger partial charge on any atom is 0.311 e. The van der Waals surface area contributed by atoms with Crippen molar-refractivity contribution in [1.29, 1.82) is 0 Å². The molecule has 0 aliphatic carbocycles. The van der Waals surface area contributed by atoms with E-state index in [0.717, 1.165) is 6.07 Å². The smallest absolute Gasteiger partial charge is 0.311 e. The Labute approximate surface area is 91.0 Å². The van der Waals surface area contributed by atoms with Crippen LogP contribution in [0.25, 0.3) is 0 Å². The molecule has 0 saturated heterocycles. The molecule has 84 valence electrons. The number of benzene rings is 1. The van der Waals surface area contributed by atoms with Crippen molar-refractivity contribution in [3.63, 3.8) is 0 Å². The normalized spacial score (nSPS) is 9.62. The SMILES string of the molecule is COc1cc(C(C)=O)c(C=O)cc1[N+](=O)[O-]. The van der Waals surface area contributed by atoms with E-state index in [2.05, 4.69) is 0 Å². The van der Waals surface area contributed by atoms with E-state index in [1.165, 1.54) is 20.1 Å². The molecule has 0 bridgehead atoms. The van der Waals surface area contributed by atoms with Gasteiger partial charge < -0.3 is 4.74 Å². The van der Waals surface area contributed by atoms with Gasteiger partial charge in [0.1, 0.15) is 0 Å². The Kier molecular flexibility index (Phi) is 3.34. The van der Waals surface area contributed by atoms with Gasteiger partial charge in [-0.05, 0) is 13.0 Å². The van der Waals surface area contributed by atoms with E-state index >= 15 is 0 Å². The van der Waals surface area contributed by atoms with Gasteiger partial charge in [-0.1, -0.05) is 0 Å². The van der Waals surface area contributed by atoms with Crippen molar-refractivity contribution in [2.45, 2.75) is 6.92 Å². The zero-order chi connectivity index (χ0) is 12.3. The van der Waals surface area contributed by atoms with Crippen molar-refractivity contribution in [2.75, 3.05) is 7.11 Å². The molecule has 0 aliphatic heterocycles. The minimum atomic E-state index is -0.671. The second-order valence-electron chi connectivity index (χ2n) is 3.04. The first-order valence-corrected chi connectivity index (χ1v) is 4.33. The molecule has 0 aromatic heterocycles. The summed E-state index contributed by atoms with van der Waals surface area (Å²) in [6.07, 6.45) is 0.406. The molecule has 0 amide bonds. The lowest BCUT2D eigenvalue weighted by atomic mass is 10.0. The Morgan fingerprint density at radius 3 is 2.50 bits per heavy atom. The van der Waals surface area contributed by atoms with Gasteiger partial charge in [0.05, 0.1) is 12.0 Å². The number of carbonyl (C=O) groups excluding carboxylic acids is 2. The molecule has 6 heteroatoms. The van der Waals surface area contributed by atoms with Crippen molar-refractivity contribution in [3.05, 3.63) is 33.4 Å². The van der Waals surface area contributed by atoms with E-state index in [4.69, 9.17) is 4.74 Å². The minimum Gasteiger partial charge on any atom is -0.490 e. The van der Waals surface area contributed by atoms with Crippen molar-refractivity contribution in [2.24, 2.45) is 0 Å². The molecule has 0 heterocycles. The van der Waals surface area contributed by atoms with Crippen LogP contribution in [0, 0.1) is 10.1 Å². The Hall–Kier alpha value is -2.24. The Bertz CT molecular complexity index is 467. The Balaban J connectivity index is 3.52. The number of aldehydes is 1. The summed E-state index contributed by atoms with van der Waals surface area (Å²) in [4.78, 5) is 31.9. The van der Waals surface area contributed by atoms with Gasteiger partial charge in [0.25, 0.3) is 0 Å². The monoisotopic (exact) mass is 223 g/mol. The van der Waals surface area contributed by atoms with Gasteiger partial charge >= 0.3 is 5.69 Å². The van der Waals surface area contributed by atoms with Gasteiger partial charge in [-0.3, -0.25) is 19.7 Å². The number of hydrogen-bond donors (Lipinski definition) is 0. The van der Waals surface area contributed by atoms with Crippen LogP contribution in [0.3, 0.4) is 0 Å². The molecule has 1 aromatic carbocycles. The summed E-state index contributed by atoms with van der Waals surface area (Å²) >= 11 is 0. The van der Waals surface area contributed by atoms with Gasteiger partial charge in [0.15, 0.2) is 17.8 Å². The number of hydrogen-bond acceptors (Lipinski definition) is 5. The maximum absolute atomic E-state index is 11.2. The molecule has 0 atom stereocenters. The highest BCUT2D eigenvalue weighted by molar-refractivity contribution is 6.02. The number of carbonyl (C=O) groups is 2. The first kappa shape index (κ1) is 11.8. The van der Waals surface area contributed by atoms with Gasteiger partial charge in [-0.2, -0.15) is 0 Å². The number of nitro benzene ring substituents is 1. The largest absolute Gasteiger partial charge is 0.490 e. The summed E-state index contributed by atoms with van der Waals surface area (Å²) in [6, 6.07) is 2.23. The lowest BCUT2D eigenvalue weighted by Crippen LogP contribution is -2.03. The van der Waals surface area contributed by atoms with Crippen LogP contribution >= 0.6 is 0 Å². The molecule has 0 aliphatic rings. The Morgan fingerprint density at radius 1 is 1.50 bits per heavy atom. The van der Waals surface area contributed by atoms with Gasteiger partial charge in [-0.25, -0.2) is 0 Å². The van der Waals surface area contributed by atoms with E-state index in [1.807, 2.05) is 0 Å². The summed E-state index contributed by atoms with van der Waals surface area (Å²) in [7, 11) is 1.26. The number of methoxy groups -OCH3 is 1. The molecular formula is C10H9NO5. The summed E-state index contributed by atoms with van der Waals surface area (Å²) in [5.41, 5.74) is -0.243. The van der Waals surface area contributed by atoms with Crippen molar-refractivity contribution in [3.8, 4) is 5.75 Å². The molecule has 0 fully saturated rings. The fraction of sp³-hybridized carbons (Fsp3) is 0.200. The van der Waals surface area contributed by atoms with Crippen LogP contribution < -0.4 is 4.74 Å². The second kappa shape index (κ2) is 4.52. The van der Waals surface area contributed by atoms with Crippen LogP contribution in [0.2, 0.25) is 0 Å². The number of Topliss-reactive ketones (excluding diaryl/α,β-unsaturated/α-hetero) is 1. The van der Waals surface area contributed by atoms with Gasteiger partial charge in [0, 0.05) is 17.2 Å². The van der Waals surface area contributed by atoms with Crippen LogP contribution in [0.1, 0.15) is 27.6 Å².